The first-order valence-electron chi connectivity index (χ1n) is 4.57. The van der Waals surface area contributed by atoms with E-state index in [1.54, 1.807) is 12.1 Å². The van der Waals surface area contributed by atoms with Gasteiger partial charge in [0.15, 0.2) is 10.8 Å². The van der Waals surface area contributed by atoms with E-state index < -0.39 is 0 Å². The molecule has 2 rings (SSSR count). The third kappa shape index (κ3) is 1.80. The van der Waals surface area contributed by atoms with E-state index >= 15 is 0 Å². The Morgan fingerprint density at radius 1 is 1.40 bits per heavy atom. The van der Waals surface area contributed by atoms with Crippen LogP contribution in [0.3, 0.4) is 0 Å². The average molecular weight is 267 g/mol. The Bertz CT molecular complexity index is 460. The highest BCUT2D eigenvalue weighted by Gasteiger charge is 2.36. The van der Waals surface area contributed by atoms with Gasteiger partial charge < -0.3 is 17.0 Å². The Balaban J connectivity index is 0.00000112. The molecular formula is C11H11BrN2O. The van der Waals surface area contributed by atoms with E-state index in [9.17, 15) is 4.79 Å². The third-order valence-corrected chi connectivity index (χ3v) is 2.75. The van der Waals surface area contributed by atoms with E-state index in [-0.39, 0.29) is 28.2 Å². The van der Waals surface area contributed by atoms with Gasteiger partial charge in [-0.05, 0) is 17.0 Å². The average Bonchev–Trinajstić information content (AvgIpc) is 2.37. The molecule has 0 aromatic heterocycles. The van der Waals surface area contributed by atoms with Crippen LogP contribution in [0.15, 0.2) is 18.2 Å². The van der Waals surface area contributed by atoms with Gasteiger partial charge in [0, 0.05) is 24.1 Å². The summed E-state index contributed by atoms with van der Waals surface area (Å²) in [5, 5.41) is 8.60. The first-order valence-corrected chi connectivity index (χ1v) is 4.57. The van der Waals surface area contributed by atoms with Crippen LogP contribution in [0, 0.1) is 5.39 Å². The van der Waals surface area contributed by atoms with Gasteiger partial charge in [0.25, 0.3) is 0 Å². The molecule has 0 saturated heterocycles. The van der Waals surface area contributed by atoms with E-state index in [1.807, 2.05) is 19.9 Å². The largest absolute Gasteiger partial charge is 1.00 e. The van der Waals surface area contributed by atoms with Crippen LogP contribution in [-0.4, -0.2) is 5.78 Å². The molecular weight excluding hydrogens is 256 g/mol. The van der Waals surface area contributed by atoms with Crippen LogP contribution < -0.4 is 17.0 Å². The van der Waals surface area contributed by atoms with Crippen LogP contribution in [0.2, 0.25) is 0 Å². The second-order valence-corrected chi connectivity index (χ2v) is 4.31. The summed E-state index contributed by atoms with van der Waals surface area (Å²) in [4.78, 5) is 14.7. The number of benzene rings is 1. The van der Waals surface area contributed by atoms with Crippen molar-refractivity contribution >= 4 is 11.5 Å². The maximum Gasteiger partial charge on any atom is 0.385 e. The van der Waals surface area contributed by atoms with Gasteiger partial charge in [0.05, 0.1) is 0 Å². The third-order valence-electron chi connectivity index (χ3n) is 2.75. The summed E-state index contributed by atoms with van der Waals surface area (Å²) in [6, 6.07) is 5.24. The normalized spacial score (nSPS) is 16.5. The summed E-state index contributed by atoms with van der Waals surface area (Å²) in [6.45, 7) is 4.10. The topological polar surface area (TPSA) is 45.2 Å². The van der Waals surface area contributed by atoms with Crippen molar-refractivity contribution in [2.24, 2.45) is 0 Å². The number of halogens is 1. The molecule has 0 aliphatic heterocycles. The number of hydrogen-bond acceptors (Lipinski definition) is 2. The lowest BCUT2D eigenvalue weighted by Gasteiger charge is -2.16. The van der Waals surface area contributed by atoms with Crippen molar-refractivity contribution in [3.63, 3.8) is 0 Å². The summed E-state index contributed by atoms with van der Waals surface area (Å²) < 4.78 is 0. The molecule has 0 bridgehead atoms. The van der Waals surface area contributed by atoms with E-state index in [4.69, 9.17) is 5.39 Å². The first kappa shape index (κ1) is 11.9. The summed E-state index contributed by atoms with van der Waals surface area (Å²) >= 11 is 0. The first-order chi connectivity index (χ1) is 6.54. The molecule has 1 aromatic rings. The van der Waals surface area contributed by atoms with Gasteiger partial charge in [-0.25, -0.2) is 0 Å². The van der Waals surface area contributed by atoms with Crippen LogP contribution in [0.5, 0.6) is 0 Å². The molecule has 0 fully saturated rings. The molecule has 78 valence electrons. The molecule has 0 heterocycles. The van der Waals surface area contributed by atoms with E-state index in [0.29, 0.717) is 17.7 Å². The van der Waals surface area contributed by atoms with Crippen molar-refractivity contribution in [1.29, 1.82) is 5.39 Å². The lowest BCUT2D eigenvalue weighted by molar-refractivity contribution is -0.0000120. The van der Waals surface area contributed by atoms with Crippen molar-refractivity contribution in [1.82, 2.24) is 0 Å². The minimum Gasteiger partial charge on any atom is -1.00 e. The lowest BCUT2D eigenvalue weighted by atomic mass is 9.86. The molecule has 0 amide bonds. The summed E-state index contributed by atoms with van der Waals surface area (Å²) in [5.74, 6) is 0.135. The molecule has 1 aliphatic rings. The van der Waals surface area contributed by atoms with Gasteiger partial charge in [-0.15, -0.1) is 0 Å². The minimum atomic E-state index is -0.0829. The predicted molar refractivity (Wildman–Crippen MR) is 53.2 cm³/mol. The van der Waals surface area contributed by atoms with Crippen molar-refractivity contribution < 1.29 is 21.8 Å². The Kier molecular flexibility index (Phi) is 2.96. The molecule has 0 spiro atoms. The van der Waals surface area contributed by atoms with Crippen LogP contribution in [0.25, 0.3) is 4.98 Å². The van der Waals surface area contributed by atoms with Gasteiger partial charge >= 0.3 is 5.69 Å². The highest BCUT2D eigenvalue weighted by Crippen LogP contribution is 2.39. The Morgan fingerprint density at radius 2 is 2.07 bits per heavy atom. The van der Waals surface area contributed by atoms with Gasteiger partial charge in [-0.1, -0.05) is 13.8 Å². The van der Waals surface area contributed by atoms with Crippen LogP contribution >= 0.6 is 0 Å². The smallest absolute Gasteiger partial charge is 0.385 e. The van der Waals surface area contributed by atoms with Crippen molar-refractivity contribution in [2.75, 3.05) is 0 Å². The second-order valence-electron chi connectivity index (χ2n) is 4.31. The molecule has 0 radical (unpaired) electrons. The van der Waals surface area contributed by atoms with E-state index in [1.165, 1.54) is 0 Å². The number of Topliss-reactive ketones (excluding diaryl/α,β-unsaturated/α-hetero) is 1. The predicted octanol–water partition coefficient (Wildman–Crippen LogP) is 0.0392. The van der Waals surface area contributed by atoms with Crippen molar-refractivity contribution in [3.8, 4) is 0 Å². The number of carbonyl (C=O) groups excluding carboxylic acids is 1. The minimum absolute atomic E-state index is 0. The Hall–Kier alpha value is -1.21. The summed E-state index contributed by atoms with van der Waals surface area (Å²) in [5.41, 5.74) is 2.11. The number of nitrogens with zero attached hydrogens (tertiary/aromatic N) is 2. The summed E-state index contributed by atoms with van der Waals surface area (Å²) in [6.07, 6.45) is 0.539. The monoisotopic (exact) mass is 266 g/mol. The van der Waals surface area contributed by atoms with Crippen molar-refractivity contribution in [3.05, 3.63) is 34.3 Å². The molecule has 1 aromatic carbocycles. The zero-order chi connectivity index (χ0) is 10.3. The highest BCUT2D eigenvalue weighted by atomic mass is 79.9. The van der Waals surface area contributed by atoms with E-state index in [2.05, 4.69) is 4.98 Å². The molecule has 0 N–H and O–H groups in total. The molecule has 3 nitrogen and oxygen atoms in total. The quantitative estimate of drug-likeness (QED) is 0.623. The van der Waals surface area contributed by atoms with Crippen LogP contribution in [0.1, 0.15) is 36.2 Å². The fraction of sp³-hybridized carbons (Fsp3) is 0.364. The zero-order valence-electron chi connectivity index (χ0n) is 8.62. The van der Waals surface area contributed by atoms with E-state index in [0.717, 1.165) is 5.56 Å². The molecule has 15 heavy (non-hydrogen) atoms. The number of ketones is 1. The standard InChI is InChI=1S/C11H11N2O.BrH/c1-11(2)6-10(14)8-5-7(13-12)3-4-9(8)11;/h3-5H,6H2,1-2H3;1H/q+1;/p-1. The van der Waals surface area contributed by atoms with Crippen LogP contribution in [0.4, 0.5) is 5.69 Å². The number of hydrogen-bond donors (Lipinski definition) is 0. The van der Waals surface area contributed by atoms with Crippen LogP contribution in [-0.2, 0) is 5.41 Å². The maximum absolute atomic E-state index is 11.6. The molecule has 0 unspecified atom stereocenters. The number of fused-ring (bicyclic) bond motifs is 1. The summed E-state index contributed by atoms with van der Waals surface area (Å²) in [7, 11) is 0. The molecule has 0 saturated carbocycles. The SMILES string of the molecule is CC1(C)CC(=O)c2cc([N+]#N)ccc21.[Br-]. The zero-order valence-corrected chi connectivity index (χ0v) is 10.2. The number of carbonyl (C=O) groups is 1. The number of diazo groups is 1. The molecule has 1 aliphatic carbocycles. The van der Waals surface area contributed by atoms with Gasteiger partial charge in [-0.3, -0.25) is 4.79 Å². The fourth-order valence-electron chi connectivity index (χ4n) is 2.01. The number of rotatable bonds is 0. The Labute approximate surface area is 98.9 Å². The van der Waals surface area contributed by atoms with Crippen molar-refractivity contribution in [2.45, 2.75) is 25.7 Å². The second kappa shape index (κ2) is 3.74. The molecule has 4 heteroatoms. The van der Waals surface area contributed by atoms with Gasteiger partial charge in [-0.2, -0.15) is 0 Å². The molecule has 0 atom stereocenters. The van der Waals surface area contributed by atoms with Gasteiger partial charge in [0.2, 0.25) is 5.39 Å². The highest BCUT2D eigenvalue weighted by molar-refractivity contribution is 6.02. The Morgan fingerprint density at radius 3 is 2.67 bits per heavy atom. The van der Waals surface area contributed by atoms with Gasteiger partial charge in [0.1, 0.15) is 0 Å². The lowest BCUT2D eigenvalue weighted by Crippen LogP contribution is -3.00. The maximum atomic E-state index is 11.6. The fourth-order valence-corrected chi connectivity index (χ4v) is 2.01.